The van der Waals surface area contributed by atoms with Crippen LogP contribution in [0.15, 0.2) is 71.3 Å². The lowest BCUT2D eigenvalue weighted by Crippen LogP contribution is -2.35. The Morgan fingerprint density at radius 2 is 1.89 bits per heavy atom. The van der Waals surface area contributed by atoms with Gasteiger partial charge in [-0.05, 0) is 49.6 Å². The zero-order valence-electron chi connectivity index (χ0n) is 21.3. The number of aromatic nitrogens is 2. The molecule has 1 aliphatic heterocycles. The Kier molecular flexibility index (Phi) is 9.07. The van der Waals surface area contributed by atoms with Crippen molar-refractivity contribution >= 4 is 22.0 Å². The summed E-state index contributed by atoms with van der Waals surface area (Å²) < 4.78 is 34.8. The second-order valence-electron chi connectivity index (χ2n) is 8.98. The number of hydrogen-bond acceptors (Lipinski definition) is 6. The molecule has 38 heavy (non-hydrogen) atoms. The highest BCUT2D eigenvalue weighted by Crippen LogP contribution is 2.29. The second kappa shape index (κ2) is 12.6. The molecule has 2 aromatic carbocycles. The number of methoxy groups -OCH3 is 1. The van der Waals surface area contributed by atoms with Crippen LogP contribution in [0.1, 0.15) is 31.2 Å². The number of nitrogens with zero attached hydrogens (tertiary/aromatic N) is 4. The minimum atomic E-state index is -3.65. The summed E-state index contributed by atoms with van der Waals surface area (Å²) in [6.07, 6.45) is 6.56. The summed E-state index contributed by atoms with van der Waals surface area (Å²) in [4.78, 5) is 12.9. The SMILES string of the molecule is COCCCNC(=O)/C(C#N)=C\c1cn(-c2ccccc2)nc1-c1cccc(S(=O)(=O)N2CCCCC2)c1. The van der Waals surface area contributed by atoms with Gasteiger partial charge in [-0.1, -0.05) is 36.8 Å². The average molecular weight is 534 g/mol. The van der Waals surface area contributed by atoms with Crippen LogP contribution >= 0.6 is 0 Å². The topological polar surface area (TPSA) is 117 Å². The quantitative estimate of drug-likeness (QED) is 0.241. The normalized spacial score (nSPS) is 14.7. The van der Waals surface area contributed by atoms with E-state index in [1.54, 1.807) is 42.3 Å². The van der Waals surface area contributed by atoms with Gasteiger partial charge in [0.25, 0.3) is 5.91 Å². The molecule has 0 aliphatic carbocycles. The van der Waals surface area contributed by atoms with E-state index in [9.17, 15) is 18.5 Å². The van der Waals surface area contributed by atoms with E-state index in [-0.39, 0.29) is 10.5 Å². The predicted octanol–water partition coefficient (Wildman–Crippen LogP) is 3.77. The summed E-state index contributed by atoms with van der Waals surface area (Å²) in [5.41, 5.74) is 2.26. The van der Waals surface area contributed by atoms with Crippen LogP contribution in [0, 0.1) is 11.3 Å². The molecule has 3 aromatic rings. The Bertz CT molecular complexity index is 1440. The molecule has 0 atom stereocenters. The Morgan fingerprint density at radius 3 is 2.61 bits per heavy atom. The number of sulfonamides is 1. The summed E-state index contributed by atoms with van der Waals surface area (Å²) in [7, 11) is -2.07. The van der Waals surface area contributed by atoms with Crippen LogP contribution in [0.2, 0.25) is 0 Å². The fraction of sp³-hybridized carbons (Fsp3) is 0.321. The van der Waals surface area contributed by atoms with Crippen molar-refractivity contribution in [2.45, 2.75) is 30.6 Å². The van der Waals surface area contributed by atoms with E-state index >= 15 is 0 Å². The maximum atomic E-state index is 13.3. The van der Waals surface area contributed by atoms with Gasteiger partial charge in [0.05, 0.1) is 10.6 Å². The molecule has 0 spiro atoms. The molecule has 198 valence electrons. The Hall–Kier alpha value is -3.78. The number of nitrogens with one attached hydrogen (secondary N) is 1. The van der Waals surface area contributed by atoms with E-state index < -0.39 is 15.9 Å². The number of carbonyl (C=O) groups is 1. The van der Waals surface area contributed by atoms with E-state index in [0.29, 0.717) is 49.5 Å². The fourth-order valence-corrected chi connectivity index (χ4v) is 5.87. The number of amides is 1. The van der Waals surface area contributed by atoms with Crippen LogP contribution in [0.4, 0.5) is 0 Å². The minimum Gasteiger partial charge on any atom is -0.385 e. The number of piperidine rings is 1. The van der Waals surface area contributed by atoms with Gasteiger partial charge in [0.1, 0.15) is 17.3 Å². The molecule has 1 aromatic heterocycles. The van der Waals surface area contributed by atoms with Gasteiger partial charge in [0.2, 0.25) is 10.0 Å². The average Bonchev–Trinajstić information content (AvgIpc) is 3.39. The number of para-hydroxylation sites is 1. The van der Waals surface area contributed by atoms with Crippen molar-refractivity contribution in [3.05, 3.63) is 71.9 Å². The lowest BCUT2D eigenvalue weighted by molar-refractivity contribution is -0.117. The third kappa shape index (κ3) is 6.37. The second-order valence-corrected chi connectivity index (χ2v) is 10.9. The maximum absolute atomic E-state index is 13.3. The number of carbonyl (C=O) groups excluding carboxylic acids is 1. The first kappa shape index (κ1) is 27.3. The monoisotopic (exact) mass is 533 g/mol. The highest BCUT2D eigenvalue weighted by Gasteiger charge is 2.26. The van der Waals surface area contributed by atoms with E-state index in [1.807, 2.05) is 36.4 Å². The van der Waals surface area contributed by atoms with Crippen LogP contribution in [-0.4, -0.2) is 61.8 Å². The summed E-state index contributed by atoms with van der Waals surface area (Å²) >= 11 is 0. The maximum Gasteiger partial charge on any atom is 0.261 e. The first-order valence-electron chi connectivity index (χ1n) is 12.6. The molecular weight excluding hydrogens is 502 g/mol. The first-order chi connectivity index (χ1) is 18.4. The molecule has 1 fully saturated rings. The number of benzene rings is 2. The Morgan fingerprint density at radius 1 is 1.13 bits per heavy atom. The van der Waals surface area contributed by atoms with Gasteiger partial charge in [0, 0.05) is 50.7 Å². The predicted molar refractivity (Wildman–Crippen MR) is 145 cm³/mol. The molecule has 0 bridgehead atoms. The molecule has 1 N–H and O–H groups in total. The van der Waals surface area contributed by atoms with Crippen molar-refractivity contribution < 1.29 is 17.9 Å². The molecule has 0 unspecified atom stereocenters. The standard InChI is InChI=1S/C28H31N5O4S/c1-37-17-9-14-30-28(34)23(20-29)18-24-21-33(25-11-4-2-5-12-25)31-27(24)22-10-8-13-26(19-22)38(35,36)32-15-6-3-7-16-32/h2,4-5,8,10-13,18-19,21H,3,6-7,9,14-17H2,1H3,(H,30,34)/b23-18-. The van der Waals surface area contributed by atoms with Crippen LogP contribution in [-0.2, 0) is 19.6 Å². The van der Waals surface area contributed by atoms with E-state index in [1.165, 1.54) is 10.4 Å². The molecule has 1 aliphatic rings. The largest absolute Gasteiger partial charge is 0.385 e. The third-order valence-corrected chi connectivity index (χ3v) is 8.19. The third-order valence-electron chi connectivity index (χ3n) is 6.30. The molecule has 4 rings (SSSR count). The number of ether oxygens (including phenoxy) is 1. The smallest absolute Gasteiger partial charge is 0.261 e. The fourth-order valence-electron chi connectivity index (χ4n) is 4.31. The van der Waals surface area contributed by atoms with Crippen molar-refractivity contribution in [2.24, 2.45) is 0 Å². The van der Waals surface area contributed by atoms with E-state index in [2.05, 4.69) is 5.32 Å². The summed E-state index contributed by atoms with van der Waals surface area (Å²) in [5.74, 6) is -0.497. The summed E-state index contributed by atoms with van der Waals surface area (Å²) in [5, 5.41) is 17.2. The molecule has 0 saturated carbocycles. The lowest BCUT2D eigenvalue weighted by Gasteiger charge is -2.26. The van der Waals surface area contributed by atoms with E-state index in [4.69, 9.17) is 9.84 Å². The van der Waals surface area contributed by atoms with Crippen LogP contribution < -0.4 is 5.32 Å². The van der Waals surface area contributed by atoms with Gasteiger partial charge in [-0.3, -0.25) is 4.79 Å². The van der Waals surface area contributed by atoms with Crippen molar-refractivity contribution in [3.8, 4) is 23.0 Å². The van der Waals surface area contributed by atoms with Crippen molar-refractivity contribution in [1.29, 1.82) is 5.26 Å². The molecule has 1 saturated heterocycles. The van der Waals surface area contributed by atoms with Crippen LogP contribution in [0.25, 0.3) is 23.0 Å². The number of hydrogen-bond donors (Lipinski definition) is 1. The van der Waals surface area contributed by atoms with Crippen molar-refractivity contribution in [2.75, 3.05) is 33.4 Å². The lowest BCUT2D eigenvalue weighted by atomic mass is 10.1. The summed E-state index contributed by atoms with van der Waals surface area (Å²) in [6.45, 7) is 1.89. The van der Waals surface area contributed by atoms with Gasteiger partial charge in [-0.15, -0.1) is 0 Å². The molecule has 1 amide bonds. The Balaban J connectivity index is 1.74. The molecule has 10 heteroatoms. The number of rotatable bonds is 10. The highest BCUT2D eigenvalue weighted by atomic mass is 32.2. The van der Waals surface area contributed by atoms with E-state index in [0.717, 1.165) is 24.9 Å². The summed E-state index contributed by atoms with van der Waals surface area (Å²) in [6, 6.07) is 18.1. The zero-order chi connectivity index (χ0) is 27.0. The molecule has 9 nitrogen and oxygen atoms in total. The van der Waals surface area contributed by atoms with Crippen LogP contribution in [0.3, 0.4) is 0 Å². The highest BCUT2D eigenvalue weighted by molar-refractivity contribution is 7.89. The van der Waals surface area contributed by atoms with Crippen molar-refractivity contribution in [1.82, 2.24) is 19.4 Å². The minimum absolute atomic E-state index is 0.0756. The van der Waals surface area contributed by atoms with Gasteiger partial charge in [-0.2, -0.15) is 14.7 Å². The van der Waals surface area contributed by atoms with Gasteiger partial charge in [-0.25, -0.2) is 13.1 Å². The Labute approximate surface area is 223 Å². The molecule has 2 heterocycles. The van der Waals surface area contributed by atoms with Crippen LogP contribution in [0.5, 0.6) is 0 Å². The zero-order valence-corrected chi connectivity index (χ0v) is 22.2. The van der Waals surface area contributed by atoms with Gasteiger partial charge >= 0.3 is 0 Å². The number of nitriles is 1. The van der Waals surface area contributed by atoms with Crippen molar-refractivity contribution in [3.63, 3.8) is 0 Å². The molecule has 0 radical (unpaired) electrons. The first-order valence-corrected chi connectivity index (χ1v) is 14.0. The van der Waals surface area contributed by atoms with Gasteiger partial charge < -0.3 is 10.1 Å². The molecular formula is C28H31N5O4S. The van der Waals surface area contributed by atoms with Gasteiger partial charge in [0.15, 0.2) is 0 Å².